The number of nitrogen functional groups attached to an aromatic ring is 1. The summed E-state index contributed by atoms with van der Waals surface area (Å²) >= 11 is 0. The quantitative estimate of drug-likeness (QED) is 0.488. The summed E-state index contributed by atoms with van der Waals surface area (Å²) in [7, 11) is 0. The van der Waals surface area contributed by atoms with Crippen molar-refractivity contribution in [1.82, 2.24) is 9.97 Å². The maximum absolute atomic E-state index is 12.0. The summed E-state index contributed by atoms with van der Waals surface area (Å²) in [5.41, 5.74) is 7.36. The summed E-state index contributed by atoms with van der Waals surface area (Å²) < 4.78 is 5.01. The summed E-state index contributed by atoms with van der Waals surface area (Å²) in [6.07, 6.45) is 1.49. The summed E-state index contributed by atoms with van der Waals surface area (Å²) in [5.74, 6) is -0.465. The molecule has 0 radical (unpaired) electrons. The van der Waals surface area contributed by atoms with Crippen molar-refractivity contribution in [2.24, 2.45) is 0 Å². The summed E-state index contributed by atoms with van der Waals surface area (Å²) in [5, 5.41) is 1.25. The molecule has 3 rings (SSSR count). The second-order valence-corrected chi connectivity index (χ2v) is 4.43. The average Bonchev–Trinajstić information content (AvgIpc) is 2.86. The number of pyridine rings is 1. The third-order valence-electron chi connectivity index (χ3n) is 3.16. The van der Waals surface area contributed by atoms with Gasteiger partial charge in [-0.15, -0.1) is 0 Å². The van der Waals surface area contributed by atoms with Crippen molar-refractivity contribution in [2.45, 2.75) is 6.92 Å². The minimum atomic E-state index is -0.465. The predicted molar refractivity (Wildman–Crippen MR) is 76.8 cm³/mol. The van der Waals surface area contributed by atoms with Crippen LogP contribution in [0.25, 0.3) is 21.8 Å². The molecule has 2 aromatic heterocycles. The first kappa shape index (κ1) is 12.3. The van der Waals surface area contributed by atoms with Crippen LogP contribution < -0.4 is 11.3 Å². The fraction of sp³-hybridized carbons (Fsp3) is 0.143. The van der Waals surface area contributed by atoms with E-state index in [2.05, 4.69) is 9.97 Å². The summed E-state index contributed by atoms with van der Waals surface area (Å²) in [6, 6.07) is 5.14. The summed E-state index contributed by atoms with van der Waals surface area (Å²) in [4.78, 5) is 29.5. The number of nitrogens with one attached hydrogen (secondary N) is 2. The van der Waals surface area contributed by atoms with Gasteiger partial charge in [-0.05, 0) is 25.1 Å². The molecule has 0 fully saturated rings. The van der Waals surface area contributed by atoms with E-state index in [9.17, 15) is 9.59 Å². The number of hydrogen-bond donors (Lipinski definition) is 3. The monoisotopic (exact) mass is 271 g/mol. The molecule has 0 aliphatic carbocycles. The Morgan fingerprint density at radius 3 is 2.95 bits per heavy atom. The maximum atomic E-state index is 12.0. The number of ether oxygens (including phenoxy) is 1. The van der Waals surface area contributed by atoms with Crippen LogP contribution >= 0.6 is 0 Å². The number of benzene rings is 1. The Balaban J connectivity index is 2.44. The Morgan fingerprint density at radius 2 is 2.20 bits per heavy atom. The molecule has 0 aliphatic heterocycles. The van der Waals surface area contributed by atoms with Gasteiger partial charge in [-0.25, -0.2) is 4.79 Å². The number of nitrogens with two attached hydrogens (primary N) is 1. The number of aromatic nitrogens is 2. The number of esters is 1. The molecule has 0 saturated heterocycles. The minimum Gasteiger partial charge on any atom is -0.462 e. The molecule has 0 bridgehead atoms. The van der Waals surface area contributed by atoms with Gasteiger partial charge in [0.2, 0.25) is 0 Å². The molecule has 6 nitrogen and oxygen atoms in total. The molecule has 0 unspecified atom stereocenters. The lowest BCUT2D eigenvalue weighted by Gasteiger charge is -2.04. The highest BCUT2D eigenvalue weighted by Crippen LogP contribution is 2.26. The van der Waals surface area contributed by atoms with Gasteiger partial charge in [0.1, 0.15) is 5.52 Å². The van der Waals surface area contributed by atoms with E-state index in [1.165, 1.54) is 6.20 Å². The van der Waals surface area contributed by atoms with E-state index in [0.717, 1.165) is 0 Å². The Kier molecular flexibility index (Phi) is 2.71. The molecule has 102 valence electrons. The van der Waals surface area contributed by atoms with Crippen LogP contribution in [-0.2, 0) is 4.74 Å². The van der Waals surface area contributed by atoms with E-state index < -0.39 is 5.97 Å². The number of anilines is 1. The van der Waals surface area contributed by atoms with Crippen LogP contribution in [0.1, 0.15) is 17.3 Å². The fourth-order valence-electron chi connectivity index (χ4n) is 2.31. The Morgan fingerprint density at radius 1 is 1.40 bits per heavy atom. The van der Waals surface area contributed by atoms with Gasteiger partial charge in [-0.3, -0.25) is 4.79 Å². The number of carbonyl (C=O) groups excluding carboxylic acids is 1. The topological polar surface area (TPSA) is 101 Å². The smallest absolute Gasteiger partial charge is 0.340 e. The van der Waals surface area contributed by atoms with Crippen LogP contribution in [0, 0.1) is 0 Å². The van der Waals surface area contributed by atoms with E-state index in [-0.39, 0.29) is 12.2 Å². The van der Waals surface area contributed by atoms with Gasteiger partial charge in [-0.2, -0.15) is 0 Å². The molecule has 0 aliphatic rings. The highest BCUT2D eigenvalue weighted by atomic mass is 16.5. The molecule has 0 amide bonds. The number of hydrogen-bond acceptors (Lipinski definition) is 4. The van der Waals surface area contributed by atoms with Crippen molar-refractivity contribution in [1.29, 1.82) is 0 Å². The van der Waals surface area contributed by atoms with Crippen molar-refractivity contribution in [3.8, 4) is 0 Å². The first-order valence-electron chi connectivity index (χ1n) is 6.21. The van der Waals surface area contributed by atoms with Gasteiger partial charge in [0, 0.05) is 28.2 Å². The Labute approximate surface area is 113 Å². The normalized spacial score (nSPS) is 11.1. The Bertz CT molecular complexity index is 876. The molecular weight excluding hydrogens is 258 g/mol. The van der Waals surface area contributed by atoms with E-state index in [4.69, 9.17) is 10.5 Å². The third kappa shape index (κ3) is 1.73. The molecule has 0 atom stereocenters. The number of aromatic amines is 2. The molecule has 0 saturated carbocycles. The van der Waals surface area contributed by atoms with Gasteiger partial charge < -0.3 is 20.4 Å². The lowest BCUT2D eigenvalue weighted by molar-refractivity contribution is 0.0529. The lowest BCUT2D eigenvalue weighted by Crippen LogP contribution is -2.08. The second-order valence-electron chi connectivity index (χ2n) is 4.43. The van der Waals surface area contributed by atoms with Gasteiger partial charge in [0.05, 0.1) is 12.2 Å². The van der Waals surface area contributed by atoms with Crippen LogP contribution in [0.3, 0.4) is 0 Å². The molecule has 6 heteroatoms. The van der Waals surface area contributed by atoms with Crippen molar-refractivity contribution < 1.29 is 9.53 Å². The molecule has 0 spiro atoms. The Hall–Kier alpha value is -2.76. The summed E-state index contributed by atoms with van der Waals surface area (Å²) in [6.45, 7) is 2.00. The van der Waals surface area contributed by atoms with E-state index in [0.29, 0.717) is 33.1 Å². The predicted octanol–water partition coefficient (Wildman–Crippen LogP) is 1.77. The van der Waals surface area contributed by atoms with Crippen LogP contribution in [0.15, 0.2) is 29.2 Å². The van der Waals surface area contributed by atoms with Gasteiger partial charge in [0.25, 0.3) is 5.56 Å². The molecule has 4 N–H and O–H groups in total. The molecule has 20 heavy (non-hydrogen) atoms. The van der Waals surface area contributed by atoms with Crippen LogP contribution in [0.5, 0.6) is 0 Å². The fourth-order valence-corrected chi connectivity index (χ4v) is 2.31. The first-order valence-corrected chi connectivity index (χ1v) is 6.21. The van der Waals surface area contributed by atoms with Crippen molar-refractivity contribution in [2.75, 3.05) is 12.3 Å². The first-order chi connectivity index (χ1) is 9.61. The van der Waals surface area contributed by atoms with Gasteiger partial charge >= 0.3 is 5.97 Å². The van der Waals surface area contributed by atoms with Crippen LogP contribution in [0.2, 0.25) is 0 Å². The lowest BCUT2D eigenvalue weighted by atomic mass is 10.1. The van der Waals surface area contributed by atoms with Crippen molar-refractivity contribution in [3.05, 3.63) is 40.3 Å². The van der Waals surface area contributed by atoms with E-state index >= 15 is 0 Å². The second kappa shape index (κ2) is 4.41. The largest absolute Gasteiger partial charge is 0.462 e. The number of fused-ring (bicyclic) bond motifs is 3. The van der Waals surface area contributed by atoms with Crippen LogP contribution in [-0.4, -0.2) is 22.5 Å². The van der Waals surface area contributed by atoms with E-state index in [1.807, 2.05) is 0 Å². The SMILES string of the molecule is CCOC(=O)c1c[nH]c2c(=O)[nH]c3ccc(N)cc3c12. The number of rotatable bonds is 2. The van der Waals surface area contributed by atoms with Crippen molar-refractivity contribution in [3.63, 3.8) is 0 Å². The highest BCUT2D eigenvalue weighted by molar-refractivity contribution is 6.15. The molecule has 3 aromatic rings. The molecule has 2 heterocycles. The number of carbonyl (C=O) groups is 1. The zero-order valence-electron chi connectivity index (χ0n) is 10.8. The van der Waals surface area contributed by atoms with Crippen molar-refractivity contribution >= 4 is 33.5 Å². The zero-order valence-corrected chi connectivity index (χ0v) is 10.8. The number of H-pyrrole nitrogens is 2. The standard InChI is InChI=1S/C14H13N3O3/c1-2-20-14(19)9-6-16-12-11(9)8-5-7(15)3-4-10(8)17-13(12)18/h3-6,16H,2,15H2,1H3,(H,17,18). The van der Waals surface area contributed by atoms with Crippen LogP contribution in [0.4, 0.5) is 5.69 Å². The van der Waals surface area contributed by atoms with Gasteiger partial charge in [0.15, 0.2) is 0 Å². The zero-order chi connectivity index (χ0) is 14.3. The maximum Gasteiger partial charge on any atom is 0.340 e. The molecule has 1 aromatic carbocycles. The molecular formula is C14H13N3O3. The third-order valence-corrected chi connectivity index (χ3v) is 3.16. The average molecular weight is 271 g/mol. The minimum absolute atomic E-state index is 0.273. The highest BCUT2D eigenvalue weighted by Gasteiger charge is 2.17. The van der Waals surface area contributed by atoms with E-state index in [1.54, 1.807) is 25.1 Å². The van der Waals surface area contributed by atoms with Gasteiger partial charge in [-0.1, -0.05) is 0 Å².